The summed E-state index contributed by atoms with van der Waals surface area (Å²) in [5.41, 5.74) is 0.856. The molecule has 2 rings (SSSR count). The van der Waals surface area contributed by atoms with Crippen LogP contribution in [0.3, 0.4) is 0 Å². The molecule has 1 heterocycles. The number of benzene rings is 1. The van der Waals surface area contributed by atoms with Crippen molar-refractivity contribution < 1.29 is 4.39 Å². The van der Waals surface area contributed by atoms with Gasteiger partial charge in [0.2, 0.25) is 0 Å². The third kappa shape index (κ3) is 3.69. The van der Waals surface area contributed by atoms with Crippen LogP contribution in [0.15, 0.2) is 22.7 Å². The molecule has 1 aromatic carbocycles. The summed E-state index contributed by atoms with van der Waals surface area (Å²) in [4.78, 5) is 2.44. The molecule has 0 spiro atoms. The summed E-state index contributed by atoms with van der Waals surface area (Å²) in [6, 6.07) is 5.85. The number of nitrogens with one attached hydrogen (secondary N) is 1. The van der Waals surface area contributed by atoms with Crippen LogP contribution in [-0.4, -0.2) is 31.1 Å². The highest BCUT2D eigenvalue weighted by atomic mass is 79.9. The number of likely N-dealkylation sites (tertiary alicyclic amines) is 1. The third-order valence-electron chi connectivity index (χ3n) is 3.65. The van der Waals surface area contributed by atoms with Crippen molar-refractivity contribution in [3.63, 3.8) is 0 Å². The Hall–Kier alpha value is -0.610. The molecule has 1 saturated heterocycles. The van der Waals surface area contributed by atoms with Gasteiger partial charge in [-0.3, -0.25) is 0 Å². The Kier molecular flexibility index (Phi) is 5.01. The second-order valence-electron chi connectivity index (χ2n) is 4.97. The van der Waals surface area contributed by atoms with Gasteiger partial charge < -0.3 is 10.2 Å². The molecule has 1 aliphatic heterocycles. The third-order valence-corrected chi connectivity index (χ3v) is 4.29. The first-order chi connectivity index (χ1) is 8.66. The predicted molar refractivity (Wildman–Crippen MR) is 77.5 cm³/mol. The van der Waals surface area contributed by atoms with Crippen molar-refractivity contribution >= 4 is 21.6 Å². The number of hydrogen-bond acceptors (Lipinski definition) is 2. The lowest BCUT2D eigenvalue weighted by Gasteiger charge is -2.32. The van der Waals surface area contributed by atoms with Gasteiger partial charge >= 0.3 is 0 Å². The molecule has 1 atom stereocenters. The van der Waals surface area contributed by atoms with Crippen molar-refractivity contribution in [1.29, 1.82) is 0 Å². The van der Waals surface area contributed by atoms with Gasteiger partial charge in [-0.15, -0.1) is 0 Å². The van der Waals surface area contributed by atoms with E-state index in [0.29, 0.717) is 10.5 Å². The fourth-order valence-electron chi connectivity index (χ4n) is 2.50. The van der Waals surface area contributed by atoms with E-state index in [-0.39, 0.29) is 5.82 Å². The summed E-state index contributed by atoms with van der Waals surface area (Å²) in [7, 11) is 2.20. The van der Waals surface area contributed by atoms with Gasteiger partial charge in [-0.05, 0) is 67.0 Å². The van der Waals surface area contributed by atoms with E-state index >= 15 is 0 Å². The number of nitrogens with zero attached hydrogens (tertiary/aromatic N) is 1. The lowest BCUT2D eigenvalue weighted by Crippen LogP contribution is -2.37. The maximum atomic E-state index is 13.3. The minimum Gasteiger partial charge on any atom is -0.385 e. The molecule has 100 valence electrons. The summed E-state index contributed by atoms with van der Waals surface area (Å²) in [5, 5.41) is 3.29. The second kappa shape index (κ2) is 6.53. The molecule has 0 aliphatic carbocycles. The molecule has 18 heavy (non-hydrogen) atoms. The largest absolute Gasteiger partial charge is 0.385 e. The average Bonchev–Trinajstić information content (AvgIpc) is 2.36. The van der Waals surface area contributed by atoms with E-state index in [2.05, 4.69) is 33.2 Å². The molecule has 2 nitrogen and oxygen atoms in total. The van der Waals surface area contributed by atoms with Crippen LogP contribution in [0.25, 0.3) is 0 Å². The number of rotatable bonds is 4. The minimum atomic E-state index is -0.213. The maximum absolute atomic E-state index is 13.3. The molecule has 1 aromatic rings. The molecule has 0 saturated carbocycles. The topological polar surface area (TPSA) is 15.3 Å². The lowest BCUT2D eigenvalue weighted by atomic mass is 10.0. The van der Waals surface area contributed by atoms with Gasteiger partial charge in [0, 0.05) is 18.3 Å². The van der Waals surface area contributed by atoms with Gasteiger partial charge in [-0.25, -0.2) is 4.39 Å². The number of hydrogen-bond donors (Lipinski definition) is 1. The summed E-state index contributed by atoms with van der Waals surface area (Å²) < 4.78 is 13.8. The molecular formula is C14H20BrFN2. The molecule has 0 aromatic heterocycles. The van der Waals surface area contributed by atoms with E-state index in [1.807, 2.05) is 6.07 Å². The molecule has 4 heteroatoms. The van der Waals surface area contributed by atoms with E-state index in [1.165, 1.54) is 31.9 Å². The van der Waals surface area contributed by atoms with E-state index in [9.17, 15) is 4.39 Å². The van der Waals surface area contributed by atoms with Gasteiger partial charge in [0.25, 0.3) is 0 Å². The second-order valence-corrected chi connectivity index (χ2v) is 5.83. The van der Waals surface area contributed by atoms with Gasteiger partial charge in [-0.2, -0.15) is 0 Å². The van der Waals surface area contributed by atoms with Crippen LogP contribution >= 0.6 is 15.9 Å². The first-order valence-corrected chi connectivity index (χ1v) is 7.35. The van der Waals surface area contributed by atoms with E-state index in [0.717, 1.165) is 18.7 Å². The molecule has 0 bridgehead atoms. The number of halogens is 2. The molecule has 0 amide bonds. The molecule has 0 radical (unpaired) electrons. The Balaban J connectivity index is 1.79. The first-order valence-electron chi connectivity index (χ1n) is 6.56. The normalized spacial score (nSPS) is 20.9. The summed E-state index contributed by atoms with van der Waals surface area (Å²) in [5.74, 6) is -0.213. The highest BCUT2D eigenvalue weighted by Gasteiger charge is 2.17. The Morgan fingerprint density at radius 3 is 3.00 bits per heavy atom. The highest BCUT2D eigenvalue weighted by molar-refractivity contribution is 9.10. The minimum absolute atomic E-state index is 0.213. The van der Waals surface area contributed by atoms with E-state index < -0.39 is 0 Å². The van der Waals surface area contributed by atoms with Crippen molar-refractivity contribution in [2.75, 3.05) is 25.5 Å². The van der Waals surface area contributed by atoms with E-state index in [4.69, 9.17) is 0 Å². The Morgan fingerprint density at radius 2 is 2.28 bits per heavy atom. The van der Waals surface area contributed by atoms with E-state index in [1.54, 1.807) is 6.07 Å². The first kappa shape index (κ1) is 13.8. The van der Waals surface area contributed by atoms with Gasteiger partial charge in [0.05, 0.1) is 4.47 Å². The predicted octanol–water partition coefficient (Wildman–Crippen LogP) is 3.87. The van der Waals surface area contributed by atoms with Crippen LogP contribution in [0.5, 0.6) is 0 Å². The summed E-state index contributed by atoms with van der Waals surface area (Å²) in [6.45, 7) is 2.10. The molecular weight excluding hydrogens is 295 g/mol. The van der Waals surface area contributed by atoms with Crippen LogP contribution in [0.4, 0.5) is 10.1 Å². The standard InChI is InChI=1S/C14H20BrFN2/c1-18-9-3-2-4-12(18)7-8-17-11-5-6-13(15)14(16)10-11/h5-6,10,12,17H,2-4,7-9H2,1H3. The summed E-state index contributed by atoms with van der Waals surface area (Å²) >= 11 is 3.16. The average molecular weight is 315 g/mol. The Labute approximate surface area is 117 Å². The van der Waals surface area contributed by atoms with Gasteiger partial charge in [-0.1, -0.05) is 6.42 Å². The number of piperidine rings is 1. The molecule has 1 N–H and O–H groups in total. The fourth-order valence-corrected chi connectivity index (χ4v) is 2.74. The SMILES string of the molecule is CN1CCCCC1CCNc1ccc(Br)c(F)c1. The van der Waals surface area contributed by atoms with Gasteiger partial charge in [0.15, 0.2) is 0 Å². The highest BCUT2D eigenvalue weighted by Crippen LogP contribution is 2.20. The van der Waals surface area contributed by atoms with Crippen molar-refractivity contribution in [1.82, 2.24) is 4.90 Å². The summed E-state index contributed by atoms with van der Waals surface area (Å²) in [6.07, 6.45) is 5.06. The van der Waals surface area contributed by atoms with Crippen LogP contribution in [0.1, 0.15) is 25.7 Å². The monoisotopic (exact) mass is 314 g/mol. The zero-order valence-electron chi connectivity index (χ0n) is 10.8. The maximum Gasteiger partial charge on any atom is 0.139 e. The van der Waals surface area contributed by atoms with Crippen molar-refractivity contribution in [3.05, 3.63) is 28.5 Å². The fraction of sp³-hybridized carbons (Fsp3) is 0.571. The zero-order valence-corrected chi connectivity index (χ0v) is 12.3. The molecule has 1 aliphatic rings. The molecule has 1 unspecified atom stereocenters. The lowest BCUT2D eigenvalue weighted by molar-refractivity contribution is 0.179. The van der Waals surface area contributed by atoms with Crippen molar-refractivity contribution in [2.45, 2.75) is 31.7 Å². The smallest absolute Gasteiger partial charge is 0.139 e. The van der Waals surface area contributed by atoms with Crippen LogP contribution < -0.4 is 5.32 Å². The Bertz CT molecular complexity index is 397. The van der Waals surface area contributed by atoms with Crippen molar-refractivity contribution in [2.24, 2.45) is 0 Å². The van der Waals surface area contributed by atoms with Crippen LogP contribution in [0, 0.1) is 5.82 Å². The van der Waals surface area contributed by atoms with Crippen molar-refractivity contribution in [3.8, 4) is 0 Å². The van der Waals surface area contributed by atoms with Crippen LogP contribution in [0.2, 0.25) is 0 Å². The van der Waals surface area contributed by atoms with Gasteiger partial charge in [0.1, 0.15) is 5.82 Å². The van der Waals surface area contributed by atoms with Crippen LogP contribution in [-0.2, 0) is 0 Å². The number of anilines is 1. The zero-order chi connectivity index (χ0) is 13.0. The Morgan fingerprint density at radius 1 is 1.44 bits per heavy atom. The molecule has 1 fully saturated rings. The quantitative estimate of drug-likeness (QED) is 0.907.